The number of nitrogens with two attached hydrogens (primary N) is 1. The third kappa shape index (κ3) is 2.53. The second kappa shape index (κ2) is 5.03. The van der Waals surface area contributed by atoms with Crippen LogP contribution in [0.25, 0.3) is 0 Å². The molecule has 0 radical (unpaired) electrons. The van der Waals surface area contributed by atoms with Gasteiger partial charge >= 0.3 is 0 Å². The van der Waals surface area contributed by atoms with Crippen molar-refractivity contribution >= 4 is 23.6 Å². The third-order valence-electron chi connectivity index (χ3n) is 3.87. The number of nitrogens with zero attached hydrogens (tertiary/aromatic N) is 1. The number of rotatable bonds is 3. The van der Waals surface area contributed by atoms with E-state index in [1.54, 1.807) is 11.8 Å². The predicted octanol–water partition coefficient (Wildman–Crippen LogP) is 0.865. The average molecular weight is 305 g/mol. The minimum Gasteiger partial charge on any atom is -0.340 e. The largest absolute Gasteiger partial charge is 0.340 e. The summed E-state index contributed by atoms with van der Waals surface area (Å²) in [6, 6.07) is 7.99. The van der Waals surface area contributed by atoms with Gasteiger partial charge in [-0.25, -0.2) is 0 Å². The van der Waals surface area contributed by atoms with Gasteiger partial charge in [0.25, 0.3) is 0 Å². The summed E-state index contributed by atoms with van der Waals surface area (Å²) in [5.41, 5.74) is 6.71. The average Bonchev–Trinajstić information content (AvgIpc) is 2.77. The summed E-state index contributed by atoms with van der Waals surface area (Å²) in [5.74, 6) is -0.309. The Balaban J connectivity index is 1.65. The quantitative estimate of drug-likeness (QED) is 0.812. The van der Waals surface area contributed by atoms with Crippen LogP contribution in [0.2, 0.25) is 0 Å². The van der Waals surface area contributed by atoms with Crippen molar-refractivity contribution in [3.8, 4) is 0 Å². The summed E-state index contributed by atoms with van der Waals surface area (Å²) in [6.07, 6.45) is 0. The van der Waals surface area contributed by atoms with Gasteiger partial charge in [0.15, 0.2) is 0 Å². The van der Waals surface area contributed by atoms with Crippen LogP contribution in [0.15, 0.2) is 30.3 Å². The first-order chi connectivity index (χ1) is 9.89. The summed E-state index contributed by atoms with van der Waals surface area (Å²) in [6.45, 7) is 4.95. The van der Waals surface area contributed by atoms with Crippen LogP contribution in [0.5, 0.6) is 0 Å². The van der Waals surface area contributed by atoms with Crippen LogP contribution >= 0.6 is 11.8 Å². The highest BCUT2D eigenvalue weighted by Crippen LogP contribution is 2.46. The summed E-state index contributed by atoms with van der Waals surface area (Å²) < 4.78 is 0.0430. The van der Waals surface area contributed by atoms with Gasteiger partial charge in [0.1, 0.15) is 17.5 Å². The van der Waals surface area contributed by atoms with Crippen molar-refractivity contribution in [3.63, 3.8) is 0 Å². The van der Waals surface area contributed by atoms with Gasteiger partial charge in [-0.1, -0.05) is 30.3 Å². The molecule has 2 heterocycles. The maximum Gasteiger partial charge on any atom is 0.249 e. The molecule has 0 saturated carbocycles. The summed E-state index contributed by atoms with van der Waals surface area (Å²) in [4.78, 5) is 26.1. The fraction of sp³-hybridized carbons (Fsp3) is 0.467. The molecule has 1 aromatic carbocycles. The molecule has 3 unspecified atom stereocenters. The van der Waals surface area contributed by atoms with Crippen LogP contribution in [0.3, 0.4) is 0 Å². The zero-order chi connectivity index (χ0) is 15.2. The molecule has 0 spiro atoms. The number of hydrogen-bond acceptors (Lipinski definition) is 4. The SMILES string of the molecule is CC1(C)CN2C(=O)C(NC(=O)C(N)c3ccccc3)C2S1. The van der Waals surface area contributed by atoms with Crippen molar-refractivity contribution in [2.45, 2.75) is 36.1 Å². The maximum absolute atomic E-state index is 12.2. The van der Waals surface area contributed by atoms with E-state index in [-0.39, 0.29) is 21.9 Å². The Labute approximate surface area is 128 Å². The van der Waals surface area contributed by atoms with Gasteiger partial charge in [0, 0.05) is 11.3 Å². The standard InChI is InChI=1S/C15H19N3O2S/c1-15(2)8-18-13(20)11(14(18)21-15)17-12(19)10(16)9-6-4-3-5-7-9/h3-7,10-11,14H,8,16H2,1-2H3,(H,17,19). The Hall–Kier alpha value is -1.53. The third-order valence-corrected chi connectivity index (χ3v) is 5.41. The number of hydrogen-bond donors (Lipinski definition) is 2. The van der Waals surface area contributed by atoms with Crippen molar-refractivity contribution in [1.29, 1.82) is 0 Å². The van der Waals surface area contributed by atoms with Crippen molar-refractivity contribution in [3.05, 3.63) is 35.9 Å². The minimum absolute atomic E-state index is 0.00770. The molecule has 6 heteroatoms. The summed E-state index contributed by atoms with van der Waals surface area (Å²) in [7, 11) is 0. The molecule has 21 heavy (non-hydrogen) atoms. The van der Waals surface area contributed by atoms with E-state index < -0.39 is 12.1 Å². The molecule has 2 amide bonds. The monoisotopic (exact) mass is 305 g/mol. The Morgan fingerprint density at radius 3 is 2.76 bits per heavy atom. The lowest BCUT2D eigenvalue weighted by Crippen LogP contribution is -2.67. The normalized spacial score (nSPS) is 27.8. The summed E-state index contributed by atoms with van der Waals surface area (Å²) >= 11 is 1.73. The van der Waals surface area contributed by atoms with Crippen LogP contribution in [0.4, 0.5) is 0 Å². The fourth-order valence-electron chi connectivity index (χ4n) is 2.79. The van der Waals surface area contributed by atoms with Gasteiger partial charge in [-0.15, -0.1) is 11.8 Å². The first-order valence-electron chi connectivity index (χ1n) is 6.98. The van der Waals surface area contributed by atoms with Crippen molar-refractivity contribution in [2.24, 2.45) is 5.73 Å². The number of carbonyl (C=O) groups excluding carboxylic acids is 2. The van der Waals surface area contributed by atoms with E-state index in [0.717, 1.165) is 12.1 Å². The molecule has 2 saturated heterocycles. The molecule has 5 nitrogen and oxygen atoms in total. The second-order valence-corrected chi connectivity index (χ2v) is 7.93. The Kier molecular flexibility index (Phi) is 3.45. The Morgan fingerprint density at radius 1 is 1.43 bits per heavy atom. The fourth-order valence-corrected chi connectivity index (χ4v) is 4.28. The van der Waals surface area contributed by atoms with E-state index in [1.807, 2.05) is 35.2 Å². The lowest BCUT2D eigenvalue weighted by atomic mass is 10.0. The predicted molar refractivity (Wildman–Crippen MR) is 82.5 cm³/mol. The molecule has 0 aliphatic carbocycles. The molecule has 2 aliphatic rings. The Morgan fingerprint density at radius 2 is 2.10 bits per heavy atom. The molecule has 3 rings (SSSR count). The number of fused-ring (bicyclic) bond motifs is 1. The molecular formula is C15H19N3O2S. The van der Waals surface area contributed by atoms with Crippen LogP contribution in [0.1, 0.15) is 25.5 Å². The molecule has 0 aromatic heterocycles. The zero-order valence-electron chi connectivity index (χ0n) is 12.1. The van der Waals surface area contributed by atoms with E-state index in [4.69, 9.17) is 5.73 Å². The first kappa shape index (κ1) is 14.4. The molecule has 3 atom stereocenters. The van der Waals surface area contributed by atoms with Gasteiger partial charge in [-0.2, -0.15) is 0 Å². The smallest absolute Gasteiger partial charge is 0.249 e. The van der Waals surface area contributed by atoms with E-state index in [0.29, 0.717) is 0 Å². The minimum atomic E-state index is -0.743. The van der Waals surface area contributed by atoms with E-state index in [9.17, 15) is 9.59 Å². The second-order valence-electron chi connectivity index (χ2n) is 6.11. The molecule has 0 bridgehead atoms. The molecule has 112 valence electrons. The van der Waals surface area contributed by atoms with Crippen LogP contribution in [-0.4, -0.2) is 39.4 Å². The molecule has 2 aliphatic heterocycles. The van der Waals surface area contributed by atoms with E-state index in [2.05, 4.69) is 19.2 Å². The van der Waals surface area contributed by atoms with Gasteiger partial charge in [0.2, 0.25) is 11.8 Å². The number of β-lactam (4-membered cyclic amide) rings is 1. The number of carbonyl (C=O) groups is 2. The van der Waals surface area contributed by atoms with Crippen molar-refractivity contribution in [1.82, 2.24) is 10.2 Å². The lowest BCUT2D eigenvalue weighted by Gasteiger charge is -2.41. The van der Waals surface area contributed by atoms with Gasteiger partial charge < -0.3 is 16.0 Å². The van der Waals surface area contributed by atoms with Gasteiger partial charge in [0.05, 0.1) is 0 Å². The zero-order valence-corrected chi connectivity index (χ0v) is 12.9. The number of amides is 2. The number of benzene rings is 1. The summed E-state index contributed by atoms with van der Waals surface area (Å²) in [5, 5.41) is 2.84. The van der Waals surface area contributed by atoms with Crippen molar-refractivity contribution < 1.29 is 9.59 Å². The van der Waals surface area contributed by atoms with Crippen LogP contribution < -0.4 is 11.1 Å². The lowest BCUT2D eigenvalue weighted by molar-refractivity contribution is -0.148. The number of thioether (sulfide) groups is 1. The topological polar surface area (TPSA) is 75.4 Å². The van der Waals surface area contributed by atoms with Crippen molar-refractivity contribution in [2.75, 3.05) is 6.54 Å². The molecule has 2 fully saturated rings. The molecular weight excluding hydrogens is 286 g/mol. The first-order valence-corrected chi connectivity index (χ1v) is 7.86. The highest BCUT2D eigenvalue weighted by molar-refractivity contribution is 8.01. The van der Waals surface area contributed by atoms with Gasteiger partial charge in [-0.05, 0) is 19.4 Å². The highest BCUT2D eigenvalue weighted by atomic mass is 32.2. The van der Waals surface area contributed by atoms with E-state index >= 15 is 0 Å². The number of nitrogens with one attached hydrogen (secondary N) is 1. The molecule has 1 aromatic rings. The molecule has 3 N–H and O–H groups in total. The Bertz CT molecular complexity index is 576. The van der Waals surface area contributed by atoms with Crippen LogP contribution in [-0.2, 0) is 9.59 Å². The highest BCUT2D eigenvalue weighted by Gasteiger charge is 2.56. The maximum atomic E-state index is 12.2. The van der Waals surface area contributed by atoms with Crippen LogP contribution in [0, 0.1) is 0 Å². The van der Waals surface area contributed by atoms with Gasteiger partial charge in [-0.3, -0.25) is 9.59 Å². The van der Waals surface area contributed by atoms with E-state index in [1.165, 1.54) is 0 Å².